The van der Waals surface area contributed by atoms with Gasteiger partial charge in [-0.1, -0.05) is 48.5 Å². The molecule has 1 fully saturated rings. The normalized spacial score (nSPS) is 17.8. The van der Waals surface area contributed by atoms with Crippen LogP contribution in [0.4, 0.5) is 0 Å². The first-order valence-corrected chi connectivity index (χ1v) is 8.51. The molecule has 1 unspecified atom stereocenters. The Bertz CT molecular complexity index is 645. The summed E-state index contributed by atoms with van der Waals surface area (Å²) in [5.41, 5.74) is 2.23. The molecule has 0 aromatic heterocycles. The minimum atomic E-state index is 0.0236. The van der Waals surface area contributed by atoms with E-state index in [2.05, 4.69) is 18.2 Å². The second-order valence-corrected chi connectivity index (χ2v) is 6.21. The van der Waals surface area contributed by atoms with Gasteiger partial charge in [-0.15, -0.1) is 11.8 Å². The lowest BCUT2D eigenvalue weighted by molar-refractivity contribution is -0.128. The van der Waals surface area contributed by atoms with Crippen LogP contribution in [-0.2, 0) is 11.3 Å². The van der Waals surface area contributed by atoms with Gasteiger partial charge in [0.15, 0.2) is 0 Å². The van der Waals surface area contributed by atoms with Crippen LogP contribution in [0.25, 0.3) is 0 Å². The standard InChI is InChI=1S/C18H19NO2S/c1-2-21-16-11-7-6-10-15(16)18-19(17(20)13-22-18)12-14-8-4-3-5-9-14/h3-11,18H,2,12-13H2,1H3. The van der Waals surface area contributed by atoms with Gasteiger partial charge in [0, 0.05) is 12.1 Å². The van der Waals surface area contributed by atoms with Crippen LogP contribution in [-0.4, -0.2) is 23.2 Å². The molecule has 0 spiro atoms. The molecule has 0 bridgehead atoms. The van der Waals surface area contributed by atoms with Crippen molar-refractivity contribution in [2.45, 2.75) is 18.8 Å². The largest absolute Gasteiger partial charge is 0.493 e. The van der Waals surface area contributed by atoms with E-state index in [9.17, 15) is 4.79 Å². The van der Waals surface area contributed by atoms with Gasteiger partial charge in [-0.3, -0.25) is 4.79 Å². The molecule has 2 aromatic carbocycles. The smallest absolute Gasteiger partial charge is 0.234 e. The highest BCUT2D eigenvalue weighted by Gasteiger charge is 2.34. The van der Waals surface area contributed by atoms with Crippen molar-refractivity contribution in [2.75, 3.05) is 12.4 Å². The summed E-state index contributed by atoms with van der Waals surface area (Å²) < 4.78 is 5.73. The van der Waals surface area contributed by atoms with Crippen molar-refractivity contribution in [3.8, 4) is 5.75 Å². The Morgan fingerprint density at radius 2 is 1.86 bits per heavy atom. The summed E-state index contributed by atoms with van der Waals surface area (Å²) >= 11 is 1.67. The van der Waals surface area contributed by atoms with E-state index in [0.29, 0.717) is 18.9 Å². The maximum absolute atomic E-state index is 12.3. The van der Waals surface area contributed by atoms with Crippen LogP contribution in [0, 0.1) is 0 Å². The lowest BCUT2D eigenvalue weighted by atomic mass is 10.1. The average Bonchev–Trinajstić information content (AvgIpc) is 2.90. The summed E-state index contributed by atoms with van der Waals surface area (Å²) in [6, 6.07) is 18.1. The second-order valence-electron chi connectivity index (χ2n) is 5.14. The highest BCUT2D eigenvalue weighted by atomic mass is 32.2. The summed E-state index contributed by atoms with van der Waals surface area (Å²) in [6.45, 7) is 3.24. The van der Waals surface area contributed by atoms with Crippen LogP contribution >= 0.6 is 11.8 Å². The SMILES string of the molecule is CCOc1ccccc1C1SCC(=O)N1Cc1ccccc1. The Balaban J connectivity index is 1.87. The Labute approximate surface area is 135 Å². The molecule has 1 amide bonds. The number of amides is 1. The van der Waals surface area contributed by atoms with Crippen LogP contribution in [0.3, 0.4) is 0 Å². The summed E-state index contributed by atoms with van der Waals surface area (Å²) in [6.07, 6.45) is 0. The summed E-state index contributed by atoms with van der Waals surface area (Å²) in [4.78, 5) is 14.2. The molecule has 0 aliphatic carbocycles. The fourth-order valence-electron chi connectivity index (χ4n) is 2.63. The number of benzene rings is 2. The van der Waals surface area contributed by atoms with E-state index in [-0.39, 0.29) is 11.3 Å². The Morgan fingerprint density at radius 1 is 1.14 bits per heavy atom. The van der Waals surface area contributed by atoms with Gasteiger partial charge in [0.05, 0.1) is 12.4 Å². The second kappa shape index (κ2) is 6.88. The van der Waals surface area contributed by atoms with Crippen molar-refractivity contribution in [3.63, 3.8) is 0 Å². The molecule has 1 atom stereocenters. The lowest BCUT2D eigenvalue weighted by Crippen LogP contribution is -2.27. The van der Waals surface area contributed by atoms with Crippen molar-refractivity contribution < 1.29 is 9.53 Å². The molecule has 1 saturated heterocycles. The number of carbonyl (C=O) groups excluding carboxylic acids is 1. The lowest BCUT2D eigenvalue weighted by Gasteiger charge is -2.25. The molecule has 114 valence electrons. The van der Waals surface area contributed by atoms with E-state index in [1.54, 1.807) is 11.8 Å². The summed E-state index contributed by atoms with van der Waals surface area (Å²) in [5.74, 6) is 1.58. The van der Waals surface area contributed by atoms with E-state index in [1.807, 2.05) is 48.2 Å². The number of nitrogens with zero attached hydrogens (tertiary/aromatic N) is 1. The highest BCUT2D eigenvalue weighted by molar-refractivity contribution is 8.00. The first-order valence-electron chi connectivity index (χ1n) is 7.46. The quantitative estimate of drug-likeness (QED) is 0.839. The number of thioether (sulfide) groups is 1. The van der Waals surface area contributed by atoms with E-state index in [4.69, 9.17) is 4.74 Å². The van der Waals surface area contributed by atoms with Crippen molar-refractivity contribution >= 4 is 17.7 Å². The van der Waals surface area contributed by atoms with Gasteiger partial charge >= 0.3 is 0 Å². The zero-order valence-electron chi connectivity index (χ0n) is 12.6. The van der Waals surface area contributed by atoms with Crippen LogP contribution in [0.15, 0.2) is 54.6 Å². The molecular formula is C18H19NO2S. The average molecular weight is 313 g/mol. The third-order valence-electron chi connectivity index (χ3n) is 3.65. The van der Waals surface area contributed by atoms with Crippen molar-refractivity contribution in [1.82, 2.24) is 4.90 Å². The molecule has 3 rings (SSSR count). The molecule has 0 saturated carbocycles. The summed E-state index contributed by atoms with van der Waals surface area (Å²) in [7, 11) is 0. The molecule has 4 heteroatoms. The minimum absolute atomic E-state index is 0.0236. The first kappa shape index (κ1) is 15.0. The maximum atomic E-state index is 12.3. The molecule has 3 nitrogen and oxygen atoms in total. The van der Waals surface area contributed by atoms with E-state index in [1.165, 1.54) is 0 Å². The number of hydrogen-bond acceptors (Lipinski definition) is 3. The fraction of sp³-hybridized carbons (Fsp3) is 0.278. The molecule has 1 heterocycles. The fourth-order valence-corrected chi connectivity index (χ4v) is 3.85. The monoisotopic (exact) mass is 313 g/mol. The van der Waals surface area contributed by atoms with Crippen molar-refractivity contribution in [2.24, 2.45) is 0 Å². The summed E-state index contributed by atoms with van der Waals surface area (Å²) in [5, 5.41) is 0.0236. The zero-order chi connectivity index (χ0) is 15.4. The molecule has 1 aliphatic rings. The van der Waals surface area contributed by atoms with E-state index in [0.717, 1.165) is 16.9 Å². The highest BCUT2D eigenvalue weighted by Crippen LogP contribution is 2.43. The Kier molecular flexibility index (Phi) is 4.68. The molecule has 0 N–H and O–H groups in total. The molecule has 2 aromatic rings. The molecule has 0 radical (unpaired) electrons. The van der Waals surface area contributed by atoms with E-state index < -0.39 is 0 Å². The molecule has 1 aliphatic heterocycles. The topological polar surface area (TPSA) is 29.5 Å². The zero-order valence-corrected chi connectivity index (χ0v) is 13.4. The third kappa shape index (κ3) is 3.12. The maximum Gasteiger partial charge on any atom is 0.234 e. The van der Waals surface area contributed by atoms with E-state index >= 15 is 0 Å². The third-order valence-corrected chi connectivity index (χ3v) is 4.89. The van der Waals surface area contributed by atoms with Gasteiger partial charge in [-0.25, -0.2) is 0 Å². The van der Waals surface area contributed by atoms with Crippen molar-refractivity contribution in [3.05, 3.63) is 65.7 Å². The number of para-hydroxylation sites is 1. The van der Waals surface area contributed by atoms with Gasteiger partial charge in [0.1, 0.15) is 11.1 Å². The van der Waals surface area contributed by atoms with Gasteiger partial charge in [0.2, 0.25) is 5.91 Å². The number of carbonyl (C=O) groups is 1. The van der Waals surface area contributed by atoms with Crippen LogP contribution < -0.4 is 4.74 Å². The van der Waals surface area contributed by atoms with Gasteiger partial charge in [-0.05, 0) is 18.6 Å². The number of rotatable bonds is 5. The predicted molar refractivity (Wildman–Crippen MR) is 89.8 cm³/mol. The minimum Gasteiger partial charge on any atom is -0.493 e. The van der Waals surface area contributed by atoms with Crippen molar-refractivity contribution in [1.29, 1.82) is 0 Å². The number of hydrogen-bond donors (Lipinski definition) is 0. The van der Waals surface area contributed by atoms with Crippen LogP contribution in [0.1, 0.15) is 23.4 Å². The van der Waals surface area contributed by atoms with Crippen LogP contribution in [0.5, 0.6) is 5.75 Å². The first-order chi connectivity index (χ1) is 10.8. The molecule has 22 heavy (non-hydrogen) atoms. The Morgan fingerprint density at radius 3 is 2.64 bits per heavy atom. The predicted octanol–water partition coefficient (Wildman–Crippen LogP) is 3.86. The van der Waals surface area contributed by atoms with Gasteiger partial charge in [-0.2, -0.15) is 0 Å². The molecular weight excluding hydrogens is 294 g/mol. The van der Waals surface area contributed by atoms with Crippen LogP contribution in [0.2, 0.25) is 0 Å². The van der Waals surface area contributed by atoms with Gasteiger partial charge in [0.25, 0.3) is 0 Å². The van der Waals surface area contributed by atoms with Gasteiger partial charge < -0.3 is 9.64 Å². The number of ether oxygens (including phenoxy) is 1. The Hall–Kier alpha value is -1.94.